The van der Waals surface area contributed by atoms with E-state index in [0.29, 0.717) is 5.56 Å². The van der Waals surface area contributed by atoms with E-state index in [1.165, 1.54) is 5.56 Å². The SMILES string of the molecule is CN(C)c1ccc(/C=N\NC(=O)c2ccc(CN3CCOCC3)cc2)cc1Br. The lowest BCUT2D eigenvalue weighted by Gasteiger charge is -2.26. The highest BCUT2D eigenvalue weighted by Crippen LogP contribution is 2.25. The van der Waals surface area contributed by atoms with Gasteiger partial charge < -0.3 is 9.64 Å². The van der Waals surface area contributed by atoms with Crippen molar-refractivity contribution in [1.82, 2.24) is 10.3 Å². The van der Waals surface area contributed by atoms with E-state index in [9.17, 15) is 4.79 Å². The van der Waals surface area contributed by atoms with Crippen LogP contribution in [-0.4, -0.2) is 57.4 Å². The molecule has 0 spiro atoms. The number of halogens is 1. The summed E-state index contributed by atoms with van der Waals surface area (Å²) in [5, 5.41) is 4.07. The largest absolute Gasteiger partial charge is 0.379 e. The first-order chi connectivity index (χ1) is 13.5. The fourth-order valence-corrected chi connectivity index (χ4v) is 3.73. The van der Waals surface area contributed by atoms with Crippen molar-refractivity contribution in [2.24, 2.45) is 5.10 Å². The zero-order chi connectivity index (χ0) is 19.9. The summed E-state index contributed by atoms with van der Waals surface area (Å²) >= 11 is 3.55. The summed E-state index contributed by atoms with van der Waals surface area (Å²) in [7, 11) is 3.97. The number of amides is 1. The van der Waals surface area contributed by atoms with Gasteiger partial charge in [0.25, 0.3) is 5.91 Å². The minimum atomic E-state index is -0.224. The molecule has 1 heterocycles. The van der Waals surface area contributed by atoms with Gasteiger partial charge in [0, 0.05) is 43.8 Å². The molecular formula is C21H25BrN4O2. The number of hydrogen-bond acceptors (Lipinski definition) is 5. The van der Waals surface area contributed by atoms with Crippen molar-refractivity contribution in [3.63, 3.8) is 0 Å². The highest BCUT2D eigenvalue weighted by atomic mass is 79.9. The van der Waals surface area contributed by atoms with E-state index in [1.807, 2.05) is 61.5 Å². The first-order valence-corrected chi connectivity index (χ1v) is 10.0. The Morgan fingerprint density at radius 3 is 2.57 bits per heavy atom. The number of morpholine rings is 1. The van der Waals surface area contributed by atoms with Crippen LogP contribution in [0.15, 0.2) is 52.0 Å². The van der Waals surface area contributed by atoms with Gasteiger partial charge in [-0.1, -0.05) is 18.2 Å². The van der Waals surface area contributed by atoms with Crippen molar-refractivity contribution >= 4 is 33.7 Å². The molecule has 0 atom stereocenters. The number of ether oxygens (including phenoxy) is 1. The Morgan fingerprint density at radius 1 is 1.21 bits per heavy atom. The Labute approximate surface area is 174 Å². The Hall–Kier alpha value is -2.22. The number of carbonyl (C=O) groups is 1. The van der Waals surface area contributed by atoms with Gasteiger partial charge in [-0.05, 0) is 51.3 Å². The van der Waals surface area contributed by atoms with Crippen LogP contribution in [0.3, 0.4) is 0 Å². The van der Waals surface area contributed by atoms with Gasteiger partial charge in [0.05, 0.1) is 25.1 Å². The molecule has 1 fully saturated rings. The molecule has 1 N–H and O–H groups in total. The van der Waals surface area contributed by atoms with Crippen molar-refractivity contribution < 1.29 is 9.53 Å². The summed E-state index contributed by atoms with van der Waals surface area (Å²) in [6, 6.07) is 13.6. The van der Waals surface area contributed by atoms with E-state index in [2.05, 4.69) is 31.4 Å². The van der Waals surface area contributed by atoms with Crippen LogP contribution in [0, 0.1) is 0 Å². The van der Waals surface area contributed by atoms with E-state index in [1.54, 1.807) is 6.21 Å². The maximum Gasteiger partial charge on any atom is 0.271 e. The highest BCUT2D eigenvalue weighted by Gasteiger charge is 2.11. The second-order valence-electron chi connectivity index (χ2n) is 6.89. The van der Waals surface area contributed by atoms with Crippen molar-refractivity contribution in [3.8, 4) is 0 Å². The lowest BCUT2D eigenvalue weighted by atomic mass is 10.1. The molecule has 2 aromatic rings. The third-order valence-electron chi connectivity index (χ3n) is 4.56. The van der Waals surface area contributed by atoms with Crippen LogP contribution < -0.4 is 10.3 Å². The first-order valence-electron chi connectivity index (χ1n) is 9.22. The number of nitrogens with one attached hydrogen (secondary N) is 1. The van der Waals surface area contributed by atoms with Gasteiger partial charge >= 0.3 is 0 Å². The van der Waals surface area contributed by atoms with Crippen molar-refractivity contribution in [1.29, 1.82) is 0 Å². The maximum atomic E-state index is 12.3. The van der Waals surface area contributed by atoms with Crippen LogP contribution in [0.1, 0.15) is 21.5 Å². The van der Waals surface area contributed by atoms with E-state index in [4.69, 9.17) is 4.74 Å². The average Bonchev–Trinajstić information content (AvgIpc) is 2.69. The smallest absolute Gasteiger partial charge is 0.271 e. The van der Waals surface area contributed by atoms with E-state index in [0.717, 1.165) is 48.6 Å². The average molecular weight is 445 g/mol. The number of nitrogens with zero attached hydrogens (tertiary/aromatic N) is 3. The van der Waals surface area contributed by atoms with Gasteiger partial charge in [-0.15, -0.1) is 0 Å². The van der Waals surface area contributed by atoms with Crippen molar-refractivity contribution in [3.05, 3.63) is 63.6 Å². The van der Waals surface area contributed by atoms with Crippen LogP contribution in [0.4, 0.5) is 5.69 Å². The van der Waals surface area contributed by atoms with E-state index >= 15 is 0 Å². The summed E-state index contributed by atoms with van der Waals surface area (Å²) in [6.07, 6.45) is 1.63. The predicted molar refractivity (Wildman–Crippen MR) is 116 cm³/mol. The number of benzene rings is 2. The zero-order valence-corrected chi connectivity index (χ0v) is 17.8. The normalized spacial score (nSPS) is 15.0. The summed E-state index contributed by atoms with van der Waals surface area (Å²) < 4.78 is 6.34. The summed E-state index contributed by atoms with van der Waals surface area (Å²) in [4.78, 5) is 16.7. The molecule has 0 aromatic heterocycles. The topological polar surface area (TPSA) is 57.2 Å². The Balaban J connectivity index is 1.54. The zero-order valence-electron chi connectivity index (χ0n) is 16.2. The van der Waals surface area contributed by atoms with Crippen LogP contribution in [0.2, 0.25) is 0 Å². The molecular weight excluding hydrogens is 420 g/mol. The number of rotatable bonds is 6. The van der Waals surface area contributed by atoms with E-state index in [-0.39, 0.29) is 5.91 Å². The summed E-state index contributed by atoms with van der Waals surface area (Å²) in [5.74, 6) is -0.224. The van der Waals surface area contributed by atoms with Crippen LogP contribution >= 0.6 is 15.9 Å². The molecule has 3 rings (SSSR count). The van der Waals surface area contributed by atoms with Gasteiger partial charge in [-0.25, -0.2) is 5.43 Å². The van der Waals surface area contributed by atoms with Gasteiger partial charge in [-0.3, -0.25) is 9.69 Å². The van der Waals surface area contributed by atoms with Crippen LogP contribution in [-0.2, 0) is 11.3 Å². The fraction of sp³-hybridized carbons (Fsp3) is 0.333. The van der Waals surface area contributed by atoms with Crippen molar-refractivity contribution in [2.75, 3.05) is 45.3 Å². The molecule has 28 heavy (non-hydrogen) atoms. The molecule has 7 heteroatoms. The molecule has 1 aliphatic heterocycles. The number of hydrazone groups is 1. The lowest BCUT2D eigenvalue weighted by molar-refractivity contribution is 0.0342. The molecule has 0 saturated carbocycles. The number of anilines is 1. The van der Waals surface area contributed by atoms with E-state index < -0.39 is 0 Å². The quantitative estimate of drug-likeness (QED) is 0.549. The molecule has 1 aliphatic rings. The van der Waals surface area contributed by atoms with Crippen LogP contribution in [0.25, 0.3) is 0 Å². The molecule has 2 aromatic carbocycles. The minimum Gasteiger partial charge on any atom is -0.379 e. The fourth-order valence-electron chi connectivity index (χ4n) is 2.98. The Bertz CT molecular complexity index is 831. The summed E-state index contributed by atoms with van der Waals surface area (Å²) in [5.41, 5.74) is 6.34. The molecule has 148 valence electrons. The van der Waals surface area contributed by atoms with Crippen LogP contribution in [0.5, 0.6) is 0 Å². The second kappa shape index (κ2) is 9.82. The predicted octanol–water partition coefficient (Wildman–Crippen LogP) is 3.11. The second-order valence-corrected chi connectivity index (χ2v) is 7.74. The molecule has 0 unspecified atom stereocenters. The van der Waals surface area contributed by atoms with Crippen molar-refractivity contribution in [2.45, 2.75) is 6.54 Å². The molecule has 1 saturated heterocycles. The first kappa shape index (κ1) is 20.5. The summed E-state index contributed by atoms with van der Waals surface area (Å²) in [6.45, 7) is 4.34. The Morgan fingerprint density at radius 2 is 1.93 bits per heavy atom. The molecule has 0 bridgehead atoms. The number of hydrogen-bond donors (Lipinski definition) is 1. The monoisotopic (exact) mass is 444 g/mol. The molecule has 1 amide bonds. The number of carbonyl (C=O) groups excluding carboxylic acids is 1. The lowest BCUT2D eigenvalue weighted by Crippen LogP contribution is -2.35. The van der Waals surface area contributed by atoms with Gasteiger partial charge in [0.15, 0.2) is 0 Å². The molecule has 6 nitrogen and oxygen atoms in total. The molecule has 0 radical (unpaired) electrons. The third kappa shape index (κ3) is 5.64. The minimum absolute atomic E-state index is 0.224. The highest BCUT2D eigenvalue weighted by molar-refractivity contribution is 9.10. The third-order valence-corrected chi connectivity index (χ3v) is 5.19. The maximum absolute atomic E-state index is 12.3. The van der Waals surface area contributed by atoms with Gasteiger partial charge in [0.2, 0.25) is 0 Å². The standard InChI is InChI=1S/C21H25BrN4O2/c1-25(2)20-8-5-17(13-19(20)22)14-23-24-21(27)18-6-3-16(4-7-18)15-26-9-11-28-12-10-26/h3-8,13-14H,9-12,15H2,1-2H3,(H,24,27)/b23-14-. The van der Waals surface area contributed by atoms with Gasteiger partial charge in [-0.2, -0.15) is 5.10 Å². The molecule has 0 aliphatic carbocycles. The Kier molecular flexibility index (Phi) is 7.19. The van der Waals surface area contributed by atoms with Gasteiger partial charge in [0.1, 0.15) is 0 Å².